The second-order valence-corrected chi connectivity index (χ2v) is 6.35. The van der Waals surface area contributed by atoms with Crippen LogP contribution in [0.25, 0.3) is 0 Å². The van der Waals surface area contributed by atoms with Gasteiger partial charge in [0.05, 0.1) is 0 Å². The number of halogens is 1. The Kier molecular flexibility index (Phi) is 8.64. The largest absolute Gasteiger partial charge is 0.355 e. The summed E-state index contributed by atoms with van der Waals surface area (Å²) in [5.74, 6) is 0.0151. The minimum Gasteiger partial charge on any atom is -0.355 e. The molecule has 1 aromatic carbocycles. The zero-order valence-corrected chi connectivity index (χ0v) is 15.5. The summed E-state index contributed by atoms with van der Waals surface area (Å²) in [6, 6.07) is 6.84. The maximum atomic E-state index is 11.8. The van der Waals surface area contributed by atoms with Crippen molar-refractivity contribution in [3.63, 3.8) is 0 Å². The van der Waals surface area contributed by atoms with Gasteiger partial charge in [0, 0.05) is 18.7 Å². The van der Waals surface area contributed by atoms with E-state index in [1.807, 2.05) is 6.07 Å². The lowest BCUT2D eigenvalue weighted by molar-refractivity contribution is 0.0963. The molecule has 1 aliphatic carbocycles. The van der Waals surface area contributed by atoms with Gasteiger partial charge in [-0.05, 0) is 68.5 Å². The van der Waals surface area contributed by atoms with Gasteiger partial charge < -0.3 is 10.2 Å². The molecular formula is C19H31ClN2O. The highest BCUT2D eigenvalue weighted by atomic mass is 35.5. The van der Waals surface area contributed by atoms with E-state index < -0.39 is 0 Å². The third-order valence-electron chi connectivity index (χ3n) is 4.72. The van der Waals surface area contributed by atoms with E-state index >= 15 is 0 Å². The molecule has 4 heteroatoms. The van der Waals surface area contributed by atoms with Crippen LogP contribution in [0.1, 0.15) is 61.0 Å². The van der Waals surface area contributed by atoms with Crippen molar-refractivity contribution in [2.75, 3.05) is 20.1 Å². The van der Waals surface area contributed by atoms with Gasteiger partial charge in [-0.1, -0.05) is 26.3 Å². The number of hydrogen-bond donors (Lipinski definition) is 1. The van der Waals surface area contributed by atoms with Crippen LogP contribution in [-0.2, 0) is 12.8 Å². The predicted octanol–water partition coefficient (Wildman–Crippen LogP) is 3.84. The molecule has 0 radical (unpaired) electrons. The van der Waals surface area contributed by atoms with E-state index in [0.717, 1.165) is 18.4 Å². The first-order valence-corrected chi connectivity index (χ1v) is 8.77. The third-order valence-corrected chi connectivity index (χ3v) is 4.72. The number of nitrogens with zero attached hydrogens (tertiary/aromatic N) is 1. The molecule has 0 fully saturated rings. The lowest BCUT2D eigenvalue weighted by Gasteiger charge is -2.35. The molecule has 0 aromatic heterocycles. The van der Waals surface area contributed by atoms with Crippen LogP contribution in [0.2, 0.25) is 0 Å². The summed E-state index contributed by atoms with van der Waals surface area (Å²) in [5, 5.41) is 2.72. The molecule has 1 aliphatic rings. The SMILES string of the molecule is CCCCN(CCC)C1CCc2ccc(C(=O)NC)cc2C1.Cl. The van der Waals surface area contributed by atoms with Crippen molar-refractivity contribution >= 4 is 18.3 Å². The van der Waals surface area contributed by atoms with Gasteiger partial charge in [-0.25, -0.2) is 0 Å². The van der Waals surface area contributed by atoms with Gasteiger partial charge in [0.2, 0.25) is 0 Å². The second-order valence-electron chi connectivity index (χ2n) is 6.35. The minimum atomic E-state index is 0. The summed E-state index contributed by atoms with van der Waals surface area (Å²) in [6.07, 6.45) is 7.22. The van der Waals surface area contributed by atoms with Gasteiger partial charge in [0.15, 0.2) is 0 Å². The van der Waals surface area contributed by atoms with Crippen molar-refractivity contribution in [2.24, 2.45) is 0 Å². The predicted molar refractivity (Wildman–Crippen MR) is 99.7 cm³/mol. The molecule has 1 unspecified atom stereocenters. The molecule has 0 saturated carbocycles. The Morgan fingerprint density at radius 1 is 1.22 bits per heavy atom. The second kappa shape index (κ2) is 9.94. The highest BCUT2D eigenvalue weighted by molar-refractivity contribution is 5.94. The van der Waals surface area contributed by atoms with Crippen LogP contribution in [0.5, 0.6) is 0 Å². The highest BCUT2D eigenvalue weighted by Crippen LogP contribution is 2.26. The molecule has 1 N–H and O–H groups in total. The Bertz CT molecular complexity index is 504. The average Bonchev–Trinajstić information content (AvgIpc) is 2.56. The molecule has 0 saturated heterocycles. The maximum absolute atomic E-state index is 11.8. The fourth-order valence-corrected chi connectivity index (χ4v) is 3.46. The van der Waals surface area contributed by atoms with Crippen molar-refractivity contribution < 1.29 is 4.79 Å². The minimum absolute atomic E-state index is 0. The molecule has 1 amide bonds. The first-order chi connectivity index (χ1) is 10.7. The standard InChI is InChI=1S/C19H30N2O.ClH/c1-4-6-12-21(11-5-2)18-10-9-15-7-8-16(19(22)20-3)13-17(15)14-18;/h7-8,13,18H,4-6,9-12,14H2,1-3H3,(H,20,22);1H. The van der Waals surface area contributed by atoms with Crippen molar-refractivity contribution in [3.05, 3.63) is 34.9 Å². The van der Waals surface area contributed by atoms with Crippen LogP contribution >= 0.6 is 12.4 Å². The zero-order chi connectivity index (χ0) is 15.9. The quantitative estimate of drug-likeness (QED) is 0.819. The van der Waals surface area contributed by atoms with Gasteiger partial charge >= 0.3 is 0 Å². The van der Waals surface area contributed by atoms with Crippen LogP contribution in [0.3, 0.4) is 0 Å². The van der Waals surface area contributed by atoms with E-state index in [9.17, 15) is 4.79 Å². The molecule has 1 atom stereocenters. The monoisotopic (exact) mass is 338 g/mol. The summed E-state index contributed by atoms with van der Waals surface area (Å²) >= 11 is 0. The number of fused-ring (bicyclic) bond motifs is 1. The molecule has 0 aliphatic heterocycles. The summed E-state index contributed by atoms with van der Waals surface area (Å²) in [6.45, 7) is 6.92. The Morgan fingerprint density at radius 2 is 2.00 bits per heavy atom. The average molecular weight is 339 g/mol. The van der Waals surface area contributed by atoms with Crippen molar-refractivity contribution in [1.82, 2.24) is 10.2 Å². The molecule has 2 rings (SSSR count). The van der Waals surface area contributed by atoms with Crippen molar-refractivity contribution in [2.45, 2.75) is 58.4 Å². The number of carbonyl (C=O) groups excluding carboxylic acids is 1. The van der Waals surface area contributed by atoms with Crippen LogP contribution < -0.4 is 5.32 Å². The smallest absolute Gasteiger partial charge is 0.251 e. The lowest BCUT2D eigenvalue weighted by Crippen LogP contribution is -2.40. The molecule has 1 aromatic rings. The van der Waals surface area contributed by atoms with E-state index in [4.69, 9.17) is 0 Å². The van der Waals surface area contributed by atoms with Gasteiger partial charge in [0.25, 0.3) is 5.91 Å². The number of nitrogens with one attached hydrogen (secondary N) is 1. The highest BCUT2D eigenvalue weighted by Gasteiger charge is 2.24. The molecular weight excluding hydrogens is 308 g/mol. The number of aryl methyl sites for hydroxylation is 1. The first kappa shape index (κ1) is 20.0. The molecule has 0 spiro atoms. The Balaban J connectivity index is 0.00000264. The van der Waals surface area contributed by atoms with E-state index in [-0.39, 0.29) is 18.3 Å². The maximum Gasteiger partial charge on any atom is 0.251 e. The normalized spacial score (nSPS) is 16.6. The van der Waals surface area contributed by atoms with Crippen LogP contribution in [0.4, 0.5) is 0 Å². The topological polar surface area (TPSA) is 32.3 Å². The summed E-state index contributed by atoms with van der Waals surface area (Å²) in [4.78, 5) is 14.5. The van der Waals surface area contributed by atoms with Crippen molar-refractivity contribution in [1.29, 1.82) is 0 Å². The van der Waals surface area contributed by atoms with Crippen LogP contribution in [-0.4, -0.2) is 37.0 Å². The fraction of sp³-hybridized carbons (Fsp3) is 0.632. The number of hydrogen-bond acceptors (Lipinski definition) is 2. The van der Waals surface area contributed by atoms with E-state index in [2.05, 4.69) is 36.2 Å². The first-order valence-electron chi connectivity index (χ1n) is 8.77. The number of rotatable bonds is 7. The Hall–Kier alpha value is -1.06. The Labute approximate surface area is 147 Å². The molecule has 3 nitrogen and oxygen atoms in total. The van der Waals surface area contributed by atoms with Crippen LogP contribution in [0, 0.1) is 0 Å². The van der Waals surface area contributed by atoms with Crippen LogP contribution in [0.15, 0.2) is 18.2 Å². The fourth-order valence-electron chi connectivity index (χ4n) is 3.46. The van der Waals surface area contributed by atoms with Gasteiger partial charge in [-0.2, -0.15) is 0 Å². The zero-order valence-electron chi connectivity index (χ0n) is 14.7. The van der Waals surface area contributed by atoms with E-state index in [1.165, 1.54) is 49.9 Å². The molecule has 0 bridgehead atoms. The third kappa shape index (κ3) is 5.22. The molecule has 130 valence electrons. The van der Waals surface area contributed by atoms with Gasteiger partial charge in [0.1, 0.15) is 0 Å². The molecule has 23 heavy (non-hydrogen) atoms. The number of benzene rings is 1. The van der Waals surface area contributed by atoms with Crippen molar-refractivity contribution in [3.8, 4) is 0 Å². The van der Waals surface area contributed by atoms with Gasteiger partial charge in [-0.3, -0.25) is 4.79 Å². The summed E-state index contributed by atoms with van der Waals surface area (Å²) in [7, 11) is 1.69. The number of amides is 1. The lowest BCUT2D eigenvalue weighted by atomic mass is 9.86. The number of unbranched alkanes of at least 4 members (excludes halogenated alkanes) is 1. The van der Waals surface area contributed by atoms with Gasteiger partial charge in [-0.15, -0.1) is 12.4 Å². The summed E-state index contributed by atoms with van der Waals surface area (Å²) < 4.78 is 0. The van der Waals surface area contributed by atoms with E-state index in [1.54, 1.807) is 7.05 Å². The number of carbonyl (C=O) groups is 1. The Morgan fingerprint density at radius 3 is 2.65 bits per heavy atom. The van der Waals surface area contributed by atoms with E-state index in [0.29, 0.717) is 6.04 Å². The summed E-state index contributed by atoms with van der Waals surface area (Å²) in [5.41, 5.74) is 3.59. The molecule has 0 heterocycles.